The van der Waals surface area contributed by atoms with Crippen molar-refractivity contribution in [2.45, 2.75) is 42.6 Å². The van der Waals surface area contributed by atoms with Crippen molar-refractivity contribution in [2.24, 2.45) is 5.92 Å². The fourth-order valence-electron chi connectivity index (χ4n) is 3.50. The quantitative estimate of drug-likeness (QED) is 0.822. The number of aliphatic hydroxyl groups excluding tert-OH is 1. The van der Waals surface area contributed by atoms with E-state index < -0.39 is 22.1 Å². The lowest BCUT2D eigenvalue weighted by Gasteiger charge is -2.35. The van der Waals surface area contributed by atoms with Gasteiger partial charge in [-0.15, -0.1) is 0 Å². The Hall–Kier alpha value is -1.25. The van der Waals surface area contributed by atoms with Crippen molar-refractivity contribution < 1.29 is 26.9 Å². The van der Waals surface area contributed by atoms with Gasteiger partial charge in [-0.1, -0.05) is 0 Å². The van der Waals surface area contributed by atoms with E-state index in [2.05, 4.69) is 0 Å². The molecule has 0 aromatic heterocycles. The highest BCUT2D eigenvalue weighted by Gasteiger charge is 2.40. The van der Waals surface area contributed by atoms with E-state index in [1.54, 1.807) is 0 Å². The van der Waals surface area contributed by atoms with Gasteiger partial charge in [0, 0.05) is 37.2 Å². The topological polar surface area (TPSA) is 77.8 Å². The van der Waals surface area contributed by atoms with Gasteiger partial charge >= 0.3 is 0 Å². The molecule has 2 N–H and O–H groups in total. The molecule has 2 atom stereocenters. The molecule has 1 aromatic rings. The second-order valence-electron chi connectivity index (χ2n) is 6.41. The number of hydrogen-bond donors (Lipinski definition) is 2. The van der Waals surface area contributed by atoms with Crippen molar-refractivity contribution in [3.05, 3.63) is 23.8 Å². The molecule has 2 aliphatic rings. The number of halogens is 2. The molecule has 1 aliphatic carbocycles. The van der Waals surface area contributed by atoms with E-state index in [0.29, 0.717) is 37.2 Å². The first-order valence-corrected chi connectivity index (χ1v) is 9.02. The Morgan fingerprint density at radius 1 is 1.30 bits per heavy atom. The van der Waals surface area contributed by atoms with Crippen molar-refractivity contribution in [1.29, 1.82) is 0 Å². The summed E-state index contributed by atoms with van der Waals surface area (Å²) in [7, 11) is -4.34. The predicted molar refractivity (Wildman–Crippen MR) is 80.3 cm³/mol. The molecule has 1 fully saturated rings. The number of aliphatic hydroxyl groups is 1. The first-order chi connectivity index (χ1) is 10.7. The Morgan fingerprint density at radius 2 is 2.04 bits per heavy atom. The monoisotopic (exact) mass is 347 g/mol. The van der Waals surface area contributed by atoms with Crippen LogP contribution in [0.5, 0.6) is 0 Å². The highest BCUT2D eigenvalue weighted by molar-refractivity contribution is 7.85. The van der Waals surface area contributed by atoms with Crippen molar-refractivity contribution in [2.75, 3.05) is 18.0 Å². The Kier molecular flexibility index (Phi) is 4.10. The number of nitrogens with zero attached hydrogens (tertiary/aromatic N) is 1. The zero-order valence-electron chi connectivity index (χ0n) is 12.5. The van der Waals surface area contributed by atoms with Gasteiger partial charge in [0.15, 0.2) is 0 Å². The minimum absolute atomic E-state index is 0.0946. The lowest BCUT2D eigenvalue weighted by molar-refractivity contribution is 0.00528. The molecule has 8 heteroatoms. The molecule has 0 saturated heterocycles. The smallest absolute Gasteiger partial charge is 0.294 e. The molecule has 1 aliphatic heterocycles. The van der Waals surface area contributed by atoms with E-state index in [0.717, 1.165) is 0 Å². The van der Waals surface area contributed by atoms with Crippen LogP contribution in [0.2, 0.25) is 0 Å². The van der Waals surface area contributed by atoms with Crippen LogP contribution in [0.15, 0.2) is 23.1 Å². The molecule has 0 spiro atoms. The van der Waals surface area contributed by atoms with Gasteiger partial charge in [0.05, 0.1) is 11.0 Å². The summed E-state index contributed by atoms with van der Waals surface area (Å²) in [4.78, 5) is 1.64. The van der Waals surface area contributed by atoms with Gasteiger partial charge in [-0.2, -0.15) is 8.42 Å². The second kappa shape index (κ2) is 5.68. The number of anilines is 1. The standard InChI is InChI=1S/C15H19F2NO4S/c16-15(17)5-3-10(8-15)9-18-6-4-14(19)12-7-11(23(20,21)22)1-2-13(12)18/h1-2,7,10,14,19H,3-6,8-9H2,(H,20,21,22). The van der Waals surface area contributed by atoms with Crippen LogP contribution in [0.1, 0.15) is 37.4 Å². The summed E-state index contributed by atoms with van der Waals surface area (Å²) in [5.41, 5.74) is 1.06. The maximum atomic E-state index is 13.3. The van der Waals surface area contributed by atoms with Gasteiger partial charge in [-0.25, -0.2) is 8.78 Å². The SMILES string of the molecule is O=S(=O)(O)c1ccc2c(c1)C(O)CCN2CC1CCC(F)(F)C1. The summed E-state index contributed by atoms with van der Waals surface area (Å²) in [5, 5.41) is 10.1. The van der Waals surface area contributed by atoms with Crippen molar-refractivity contribution >= 4 is 15.8 Å². The Labute approximate surface area is 133 Å². The average molecular weight is 347 g/mol. The van der Waals surface area contributed by atoms with E-state index in [-0.39, 0.29) is 23.7 Å². The van der Waals surface area contributed by atoms with Crippen molar-refractivity contribution in [3.8, 4) is 0 Å². The fraction of sp³-hybridized carbons (Fsp3) is 0.600. The zero-order valence-corrected chi connectivity index (χ0v) is 13.3. The first-order valence-electron chi connectivity index (χ1n) is 7.58. The Morgan fingerprint density at radius 3 is 2.65 bits per heavy atom. The van der Waals surface area contributed by atoms with Crippen LogP contribution in [0.4, 0.5) is 14.5 Å². The normalized spacial score (nSPS) is 27.0. The van der Waals surface area contributed by atoms with E-state index in [4.69, 9.17) is 4.55 Å². The summed E-state index contributed by atoms with van der Waals surface area (Å²) in [6.45, 7) is 0.988. The third-order valence-corrected chi connectivity index (χ3v) is 5.50. The van der Waals surface area contributed by atoms with Crippen molar-refractivity contribution in [1.82, 2.24) is 0 Å². The van der Waals surface area contributed by atoms with Gasteiger partial charge in [-0.05, 0) is 37.0 Å². The van der Waals surface area contributed by atoms with Crippen LogP contribution in [0.25, 0.3) is 0 Å². The second-order valence-corrected chi connectivity index (χ2v) is 7.83. The molecule has 0 bridgehead atoms. The number of alkyl halides is 2. The van der Waals surface area contributed by atoms with Crippen LogP contribution in [-0.4, -0.2) is 37.1 Å². The molecular weight excluding hydrogens is 328 g/mol. The van der Waals surface area contributed by atoms with Gasteiger partial charge in [0.25, 0.3) is 10.1 Å². The average Bonchev–Trinajstić information content (AvgIpc) is 2.80. The molecule has 1 aromatic carbocycles. The fourth-order valence-corrected chi connectivity index (χ4v) is 4.02. The van der Waals surface area contributed by atoms with E-state index in [1.807, 2.05) is 4.90 Å². The highest BCUT2D eigenvalue weighted by Crippen LogP contribution is 2.41. The van der Waals surface area contributed by atoms with Crippen LogP contribution in [0, 0.1) is 5.92 Å². The minimum atomic E-state index is -4.34. The van der Waals surface area contributed by atoms with Gasteiger partial charge in [0.1, 0.15) is 0 Å². The van der Waals surface area contributed by atoms with E-state index in [9.17, 15) is 22.3 Å². The lowest BCUT2D eigenvalue weighted by atomic mass is 9.97. The molecule has 1 heterocycles. The number of fused-ring (bicyclic) bond motifs is 1. The Balaban J connectivity index is 1.85. The molecule has 1 saturated carbocycles. The van der Waals surface area contributed by atoms with Gasteiger partial charge in [0.2, 0.25) is 5.92 Å². The number of benzene rings is 1. The van der Waals surface area contributed by atoms with Crippen molar-refractivity contribution in [3.63, 3.8) is 0 Å². The molecule has 128 valence electrons. The van der Waals surface area contributed by atoms with Crippen LogP contribution in [-0.2, 0) is 10.1 Å². The number of rotatable bonds is 3. The highest BCUT2D eigenvalue weighted by atomic mass is 32.2. The maximum absolute atomic E-state index is 13.3. The summed E-state index contributed by atoms with van der Waals surface area (Å²) < 4.78 is 58.3. The van der Waals surface area contributed by atoms with Crippen LogP contribution in [0.3, 0.4) is 0 Å². The molecule has 23 heavy (non-hydrogen) atoms. The summed E-state index contributed by atoms with van der Waals surface area (Å²) in [6.07, 6.45) is -0.198. The lowest BCUT2D eigenvalue weighted by Crippen LogP contribution is -2.35. The van der Waals surface area contributed by atoms with E-state index >= 15 is 0 Å². The molecule has 5 nitrogen and oxygen atoms in total. The summed E-state index contributed by atoms with van der Waals surface area (Å²) in [5.74, 6) is -2.72. The third-order valence-electron chi connectivity index (χ3n) is 4.65. The summed E-state index contributed by atoms with van der Waals surface area (Å²) >= 11 is 0. The maximum Gasteiger partial charge on any atom is 0.294 e. The largest absolute Gasteiger partial charge is 0.388 e. The molecule has 0 radical (unpaired) electrons. The third kappa shape index (κ3) is 3.49. The zero-order chi connectivity index (χ0) is 16.8. The Bertz CT molecular complexity index is 707. The van der Waals surface area contributed by atoms with Gasteiger partial charge in [-0.3, -0.25) is 4.55 Å². The number of hydrogen-bond acceptors (Lipinski definition) is 4. The predicted octanol–water partition coefficient (Wildman–Crippen LogP) is 2.61. The van der Waals surface area contributed by atoms with E-state index in [1.165, 1.54) is 18.2 Å². The minimum Gasteiger partial charge on any atom is -0.388 e. The van der Waals surface area contributed by atoms with Crippen LogP contribution < -0.4 is 4.90 Å². The molecular formula is C15H19F2NO4S. The molecule has 3 rings (SSSR count). The summed E-state index contributed by atoms with van der Waals surface area (Å²) in [6, 6.07) is 4.04. The molecule has 0 amide bonds. The van der Waals surface area contributed by atoms with Gasteiger partial charge < -0.3 is 10.0 Å². The molecule has 2 unspecified atom stereocenters. The van der Waals surface area contributed by atoms with Crippen LogP contribution >= 0.6 is 0 Å². The first kappa shape index (κ1) is 16.6.